The number of nitrogen functional groups attached to an aromatic ring is 1. The Morgan fingerprint density at radius 2 is 2.19 bits per heavy atom. The second-order valence-electron chi connectivity index (χ2n) is 5.76. The Hall–Kier alpha value is -2.16. The van der Waals surface area contributed by atoms with Crippen molar-refractivity contribution in [2.45, 2.75) is 6.04 Å². The Morgan fingerprint density at radius 3 is 2.88 bits per heavy atom. The number of aromatic nitrogens is 3. The lowest BCUT2D eigenvalue weighted by atomic mass is 10.00. The molecule has 1 fully saturated rings. The van der Waals surface area contributed by atoms with Crippen LogP contribution < -0.4 is 5.73 Å². The number of hydrogen-bond acceptors (Lipinski definition) is 7. The number of nitrogens with two attached hydrogens (primary N) is 1. The van der Waals surface area contributed by atoms with Crippen LogP contribution in [0.5, 0.6) is 0 Å². The van der Waals surface area contributed by atoms with Gasteiger partial charge in [-0.2, -0.15) is 4.98 Å². The number of anilines is 1. The zero-order valence-corrected chi connectivity index (χ0v) is 15.9. The van der Waals surface area contributed by atoms with Crippen LogP contribution in [0.4, 0.5) is 5.95 Å². The summed E-state index contributed by atoms with van der Waals surface area (Å²) in [6.45, 7) is 5.74. The van der Waals surface area contributed by atoms with Gasteiger partial charge in [0, 0.05) is 30.2 Å². The molecule has 1 amide bonds. The monoisotopic (exact) mass is 390 g/mol. The number of carbonyl (C=O) groups excluding carboxylic acids is 1. The van der Waals surface area contributed by atoms with Gasteiger partial charge in [0.05, 0.1) is 6.04 Å². The van der Waals surface area contributed by atoms with Gasteiger partial charge in [0.25, 0.3) is 0 Å². The lowest BCUT2D eigenvalue weighted by Gasteiger charge is -2.40. The molecular formula is C17H19ClN6OS. The number of carbonyl (C=O) groups is 1. The molecule has 1 aromatic heterocycles. The molecule has 9 heteroatoms. The zero-order chi connectivity index (χ0) is 18.7. The highest BCUT2D eigenvalue weighted by Crippen LogP contribution is 2.32. The van der Waals surface area contributed by atoms with Crippen molar-refractivity contribution in [3.05, 3.63) is 47.8 Å². The minimum absolute atomic E-state index is 0.0957. The van der Waals surface area contributed by atoms with Crippen LogP contribution in [0.25, 0.3) is 11.4 Å². The third-order valence-electron chi connectivity index (χ3n) is 4.21. The summed E-state index contributed by atoms with van der Waals surface area (Å²) in [6, 6.07) is 5.44. The van der Waals surface area contributed by atoms with Crippen molar-refractivity contribution in [3.8, 4) is 11.4 Å². The number of hydrogen-bond donors (Lipinski definition) is 1. The Bertz CT molecular complexity index is 833. The van der Waals surface area contributed by atoms with Gasteiger partial charge in [-0.15, -0.1) is 0 Å². The number of nitrogens with zero attached hydrogens (tertiary/aromatic N) is 5. The van der Waals surface area contributed by atoms with Gasteiger partial charge in [-0.25, -0.2) is 14.3 Å². The first-order valence-electron chi connectivity index (χ1n) is 7.99. The predicted octanol–water partition coefficient (Wildman–Crippen LogP) is 2.42. The van der Waals surface area contributed by atoms with E-state index in [4.69, 9.17) is 17.3 Å². The van der Waals surface area contributed by atoms with Crippen molar-refractivity contribution in [1.29, 1.82) is 0 Å². The summed E-state index contributed by atoms with van der Waals surface area (Å²) in [4.78, 5) is 26.3. The van der Waals surface area contributed by atoms with Crippen LogP contribution in [0.1, 0.15) is 11.6 Å². The molecular weight excluding hydrogens is 372 g/mol. The van der Waals surface area contributed by atoms with Crippen LogP contribution in [0.3, 0.4) is 0 Å². The largest absolute Gasteiger partial charge is 0.368 e. The van der Waals surface area contributed by atoms with Crippen molar-refractivity contribution >= 4 is 35.4 Å². The van der Waals surface area contributed by atoms with Gasteiger partial charge in [0.15, 0.2) is 5.82 Å². The second kappa shape index (κ2) is 8.03. The molecule has 3 rings (SSSR count). The van der Waals surface area contributed by atoms with E-state index in [0.717, 1.165) is 17.7 Å². The summed E-state index contributed by atoms with van der Waals surface area (Å²) in [5, 5.41) is 0.545. The Morgan fingerprint density at radius 1 is 1.38 bits per heavy atom. The predicted molar refractivity (Wildman–Crippen MR) is 104 cm³/mol. The lowest BCUT2D eigenvalue weighted by molar-refractivity contribution is -0.130. The SMILES string of the molecule is C=CC(=O)N1CCN(SC)C[C@H]1c1cc(Cl)cc(-c2ncnc(N)n2)c1. The van der Waals surface area contributed by atoms with Gasteiger partial charge in [0.2, 0.25) is 11.9 Å². The molecule has 0 spiro atoms. The normalized spacial score (nSPS) is 17.9. The van der Waals surface area contributed by atoms with E-state index in [1.165, 1.54) is 12.4 Å². The third kappa shape index (κ3) is 3.98. The van der Waals surface area contributed by atoms with Gasteiger partial charge in [-0.05, 0) is 36.1 Å². The van der Waals surface area contributed by atoms with Gasteiger partial charge in [-0.3, -0.25) is 4.79 Å². The van der Waals surface area contributed by atoms with Gasteiger partial charge in [-0.1, -0.05) is 30.1 Å². The minimum Gasteiger partial charge on any atom is -0.368 e. The molecule has 1 saturated heterocycles. The summed E-state index contributed by atoms with van der Waals surface area (Å²) >= 11 is 8.00. The van der Waals surface area contributed by atoms with E-state index >= 15 is 0 Å². The summed E-state index contributed by atoms with van der Waals surface area (Å²) in [6.07, 6.45) is 4.74. The van der Waals surface area contributed by atoms with Crippen molar-refractivity contribution in [1.82, 2.24) is 24.2 Å². The topological polar surface area (TPSA) is 88.2 Å². The maximum atomic E-state index is 12.3. The molecule has 0 bridgehead atoms. The number of halogens is 1. The lowest BCUT2D eigenvalue weighted by Crippen LogP contribution is -2.47. The van der Waals surface area contributed by atoms with E-state index in [9.17, 15) is 4.79 Å². The van der Waals surface area contributed by atoms with E-state index in [0.29, 0.717) is 23.9 Å². The fourth-order valence-electron chi connectivity index (χ4n) is 2.97. The maximum Gasteiger partial charge on any atom is 0.246 e. The highest BCUT2D eigenvalue weighted by atomic mass is 35.5. The van der Waals surface area contributed by atoms with Crippen LogP contribution >= 0.6 is 23.5 Å². The molecule has 1 aromatic carbocycles. The van der Waals surface area contributed by atoms with E-state index < -0.39 is 0 Å². The van der Waals surface area contributed by atoms with Gasteiger partial charge in [0.1, 0.15) is 6.33 Å². The fraction of sp³-hybridized carbons (Fsp3) is 0.294. The zero-order valence-electron chi connectivity index (χ0n) is 14.3. The molecule has 1 aliphatic heterocycles. The van der Waals surface area contributed by atoms with Crippen LogP contribution in [-0.4, -0.2) is 56.0 Å². The molecule has 136 valence electrons. The Balaban J connectivity index is 2.02. The van der Waals surface area contributed by atoms with Crippen molar-refractivity contribution in [2.24, 2.45) is 0 Å². The van der Waals surface area contributed by atoms with Gasteiger partial charge >= 0.3 is 0 Å². The van der Waals surface area contributed by atoms with Crippen molar-refractivity contribution < 1.29 is 4.79 Å². The van der Waals surface area contributed by atoms with Crippen LogP contribution in [0.15, 0.2) is 37.2 Å². The van der Waals surface area contributed by atoms with E-state index in [2.05, 4.69) is 25.8 Å². The molecule has 2 N–H and O–H groups in total. The van der Waals surface area contributed by atoms with Crippen LogP contribution in [0.2, 0.25) is 5.02 Å². The smallest absolute Gasteiger partial charge is 0.246 e. The highest BCUT2D eigenvalue weighted by molar-refractivity contribution is 7.96. The Labute approximate surface area is 161 Å². The van der Waals surface area contributed by atoms with Crippen molar-refractivity contribution in [3.63, 3.8) is 0 Å². The Kier molecular flexibility index (Phi) is 5.75. The number of benzene rings is 1. The average Bonchev–Trinajstić information content (AvgIpc) is 2.66. The molecule has 7 nitrogen and oxygen atoms in total. The van der Waals surface area contributed by atoms with Crippen LogP contribution in [0, 0.1) is 0 Å². The van der Waals surface area contributed by atoms with Crippen molar-refractivity contribution in [2.75, 3.05) is 31.6 Å². The van der Waals surface area contributed by atoms with E-state index in [1.807, 2.05) is 23.3 Å². The molecule has 0 unspecified atom stereocenters. The molecule has 1 aliphatic rings. The minimum atomic E-state index is -0.140. The summed E-state index contributed by atoms with van der Waals surface area (Å²) in [5.74, 6) is 0.494. The van der Waals surface area contributed by atoms with E-state index in [1.54, 1.807) is 18.0 Å². The second-order valence-corrected chi connectivity index (χ2v) is 7.08. The fourth-order valence-corrected chi connectivity index (χ4v) is 3.77. The third-order valence-corrected chi connectivity index (χ3v) is 5.28. The molecule has 2 aromatic rings. The average molecular weight is 391 g/mol. The quantitative estimate of drug-likeness (QED) is 0.633. The molecule has 0 aliphatic carbocycles. The summed E-state index contributed by atoms with van der Waals surface area (Å²) in [7, 11) is 0. The molecule has 26 heavy (non-hydrogen) atoms. The first kappa shape index (κ1) is 18.6. The molecule has 2 heterocycles. The number of rotatable bonds is 4. The first-order chi connectivity index (χ1) is 12.5. The maximum absolute atomic E-state index is 12.3. The van der Waals surface area contributed by atoms with Gasteiger partial charge < -0.3 is 10.6 Å². The number of amides is 1. The highest BCUT2D eigenvalue weighted by Gasteiger charge is 2.31. The number of piperazine rings is 1. The summed E-state index contributed by atoms with van der Waals surface area (Å²) in [5.41, 5.74) is 7.31. The first-order valence-corrected chi connectivity index (χ1v) is 9.55. The molecule has 0 radical (unpaired) electrons. The summed E-state index contributed by atoms with van der Waals surface area (Å²) < 4.78 is 2.22. The van der Waals surface area contributed by atoms with E-state index in [-0.39, 0.29) is 17.9 Å². The standard InChI is InChI=1S/C17H19ClN6OS/c1-3-15(25)24-5-4-23(26-2)9-14(24)11-6-12(8-13(18)7-11)16-20-10-21-17(19)22-16/h3,6-8,10,14H,1,4-5,9H2,2H3,(H2,19,20,21,22)/t14-/m0/s1. The molecule has 1 atom stereocenters. The molecule has 0 saturated carbocycles. The van der Waals surface area contributed by atoms with Crippen LogP contribution in [-0.2, 0) is 4.79 Å².